The number of hydrogen-bond donors (Lipinski definition) is 2. The van der Waals surface area contributed by atoms with E-state index < -0.39 is 6.23 Å². The average molecular weight is 244 g/mol. The number of carbonyl (C=O) groups is 1. The Bertz CT molecular complexity index is 606. The average Bonchev–Trinajstić information content (AvgIpc) is 2.95. The molecular formula is C13H12N2O3. The predicted molar refractivity (Wildman–Crippen MR) is 64.3 cm³/mol. The second-order valence-electron chi connectivity index (χ2n) is 4.11. The van der Waals surface area contributed by atoms with Gasteiger partial charge in [-0.15, -0.1) is 0 Å². The summed E-state index contributed by atoms with van der Waals surface area (Å²) in [6, 6.07) is 10.4. The van der Waals surface area contributed by atoms with Crippen molar-refractivity contribution in [3.05, 3.63) is 59.4 Å². The highest BCUT2D eigenvalue weighted by Crippen LogP contribution is 2.30. The summed E-state index contributed by atoms with van der Waals surface area (Å²) in [5, 5.41) is 20.7. The lowest BCUT2D eigenvalue weighted by Crippen LogP contribution is -2.38. The summed E-state index contributed by atoms with van der Waals surface area (Å²) >= 11 is 0. The van der Waals surface area contributed by atoms with Gasteiger partial charge < -0.3 is 10.2 Å². The molecule has 2 aromatic rings. The van der Waals surface area contributed by atoms with Crippen molar-refractivity contribution in [3.63, 3.8) is 0 Å². The number of carbonyl (C=O) groups excluding carboxylic acids is 1. The van der Waals surface area contributed by atoms with Crippen molar-refractivity contribution in [1.82, 2.24) is 4.68 Å². The van der Waals surface area contributed by atoms with Gasteiger partial charge in [-0.2, -0.15) is 0 Å². The maximum Gasteiger partial charge on any atom is 0.275 e. The molecule has 0 aliphatic carbocycles. The van der Waals surface area contributed by atoms with Gasteiger partial charge in [0.2, 0.25) is 0 Å². The van der Waals surface area contributed by atoms with Crippen LogP contribution in [0.5, 0.6) is 0 Å². The van der Waals surface area contributed by atoms with Gasteiger partial charge in [-0.3, -0.25) is 9.47 Å². The van der Waals surface area contributed by atoms with E-state index in [0.717, 1.165) is 0 Å². The van der Waals surface area contributed by atoms with Crippen molar-refractivity contribution in [2.75, 3.05) is 5.01 Å². The normalized spacial score (nSPS) is 18.2. The SMILES string of the molecule is O=C1c2ccccc2C(O)N1n1cccc1CO. The second-order valence-corrected chi connectivity index (χ2v) is 4.11. The number of nitrogens with zero attached hydrogens (tertiary/aromatic N) is 2. The van der Waals surface area contributed by atoms with Crippen molar-refractivity contribution in [1.29, 1.82) is 0 Å². The molecule has 0 fully saturated rings. The first-order valence-corrected chi connectivity index (χ1v) is 5.62. The molecule has 0 saturated heterocycles. The van der Waals surface area contributed by atoms with Gasteiger partial charge in [0.05, 0.1) is 12.3 Å². The minimum Gasteiger partial charge on any atom is -0.390 e. The van der Waals surface area contributed by atoms with Gasteiger partial charge >= 0.3 is 0 Å². The highest BCUT2D eigenvalue weighted by Gasteiger charge is 2.36. The Labute approximate surface area is 103 Å². The lowest BCUT2D eigenvalue weighted by atomic mass is 10.1. The molecule has 1 amide bonds. The molecule has 3 rings (SSSR count). The van der Waals surface area contributed by atoms with Crippen LogP contribution >= 0.6 is 0 Å². The summed E-state index contributed by atoms with van der Waals surface area (Å²) in [6.07, 6.45) is 0.616. The van der Waals surface area contributed by atoms with Gasteiger partial charge in [0, 0.05) is 17.3 Å². The molecule has 18 heavy (non-hydrogen) atoms. The largest absolute Gasteiger partial charge is 0.390 e. The topological polar surface area (TPSA) is 65.7 Å². The summed E-state index contributed by atoms with van der Waals surface area (Å²) in [6.45, 7) is -0.195. The zero-order valence-electron chi connectivity index (χ0n) is 9.52. The molecule has 1 aromatic carbocycles. The number of benzene rings is 1. The first kappa shape index (κ1) is 11.0. The van der Waals surface area contributed by atoms with Crippen LogP contribution < -0.4 is 5.01 Å². The molecule has 0 spiro atoms. The van der Waals surface area contributed by atoms with Crippen LogP contribution in [-0.2, 0) is 6.61 Å². The molecule has 1 unspecified atom stereocenters. The fraction of sp³-hybridized carbons (Fsp3) is 0.154. The summed E-state index contributed by atoms with van der Waals surface area (Å²) in [5.74, 6) is -0.274. The molecule has 1 aliphatic rings. The van der Waals surface area contributed by atoms with Crippen LogP contribution in [-0.4, -0.2) is 20.8 Å². The number of aromatic nitrogens is 1. The fourth-order valence-electron chi connectivity index (χ4n) is 2.24. The molecule has 92 valence electrons. The maximum atomic E-state index is 12.2. The van der Waals surface area contributed by atoms with E-state index in [-0.39, 0.29) is 12.5 Å². The van der Waals surface area contributed by atoms with Gasteiger partial charge in [-0.1, -0.05) is 18.2 Å². The second kappa shape index (κ2) is 3.97. The summed E-state index contributed by atoms with van der Waals surface area (Å²) < 4.78 is 1.48. The van der Waals surface area contributed by atoms with E-state index in [2.05, 4.69) is 0 Å². The van der Waals surface area contributed by atoms with Crippen LogP contribution in [0.25, 0.3) is 0 Å². The number of fused-ring (bicyclic) bond motifs is 1. The Morgan fingerprint density at radius 2 is 1.94 bits per heavy atom. The Morgan fingerprint density at radius 1 is 1.17 bits per heavy atom. The quantitative estimate of drug-likeness (QED) is 0.819. The minimum atomic E-state index is -1.02. The molecular weight excluding hydrogens is 232 g/mol. The monoisotopic (exact) mass is 244 g/mol. The zero-order chi connectivity index (χ0) is 12.7. The van der Waals surface area contributed by atoms with Crippen LogP contribution in [0.3, 0.4) is 0 Å². The summed E-state index contributed by atoms with van der Waals surface area (Å²) in [5.41, 5.74) is 1.62. The number of aliphatic hydroxyl groups is 2. The van der Waals surface area contributed by atoms with Gasteiger partial charge in [0.1, 0.15) is 0 Å². The molecule has 5 heteroatoms. The molecule has 2 N–H and O–H groups in total. The lowest BCUT2D eigenvalue weighted by Gasteiger charge is -2.24. The summed E-state index contributed by atoms with van der Waals surface area (Å²) in [4.78, 5) is 12.2. The Hall–Kier alpha value is -2.11. The van der Waals surface area contributed by atoms with Crippen molar-refractivity contribution in [3.8, 4) is 0 Å². The van der Waals surface area contributed by atoms with E-state index in [1.54, 1.807) is 42.6 Å². The van der Waals surface area contributed by atoms with Crippen LogP contribution in [0.4, 0.5) is 0 Å². The first-order chi connectivity index (χ1) is 8.74. The van der Waals surface area contributed by atoms with Gasteiger partial charge in [0.15, 0.2) is 6.23 Å². The van der Waals surface area contributed by atoms with Crippen LogP contribution in [0, 0.1) is 0 Å². The molecule has 5 nitrogen and oxygen atoms in total. The number of aliphatic hydroxyl groups excluding tert-OH is 2. The number of hydrogen-bond acceptors (Lipinski definition) is 3. The Balaban J connectivity index is 2.09. The molecule has 0 saturated carbocycles. The molecule has 0 radical (unpaired) electrons. The van der Waals surface area contributed by atoms with E-state index in [0.29, 0.717) is 16.8 Å². The Kier molecular flexibility index (Phi) is 2.43. The van der Waals surface area contributed by atoms with Crippen molar-refractivity contribution < 1.29 is 15.0 Å². The molecule has 1 aliphatic heterocycles. The first-order valence-electron chi connectivity index (χ1n) is 5.62. The third-order valence-electron chi connectivity index (χ3n) is 3.11. The lowest BCUT2D eigenvalue weighted by molar-refractivity contribution is 0.0858. The molecule has 1 aromatic heterocycles. The standard InChI is InChI=1S/C13H12N2O3/c16-8-9-4-3-7-14(9)15-12(17)10-5-1-2-6-11(10)13(15)18/h1-7,12,16-17H,8H2. The molecule has 1 atom stereocenters. The smallest absolute Gasteiger partial charge is 0.275 e. The highest BCUT2D eigenvalue weighted by molar-refractivity contribution is 6.06. The van der Waals surface area contributed by atoms with E-state index >= 15 is 0 Å². The summed E-state index contributed by atoms with van der Waals surface area (Å²) in [7, 11) is 0. The van der Waals surface area contributed by atoms with Gasteiger partial charge in [-0.05, 0) is 18.2 Å². The molecule has 2 heterocycles. The van der Waals surface area contributed by atoms with Crippen LogP contribution in [0.1, 0.15) is 27.8 Å². The van der Waals surface area contributed by atoms with Gasteiger partial charge in [0.25, 0.3) is 5.91 Å². The molecule has 0 bridgehead atoms. The Morgan fingerprint density at radius 3 is 2.67 bits per heavy atom. The van der Waals surface area contributed by atoms with Crippen LogP contribution in [0.2, 0.25) is 0 Å². The third kappa shape index (κ3) is 1.38. The number of amides is 1. The maximum absolute atomic E-state index is 12.2. The highest BCUT2D eigenvalue weighted by atomic mass is 16.3. The van der Waals surface area contributed by atoms with E-state index in [1.807, 2.05) is 0 Å². The third-order valence-corrected chi connectivity index (χ3v) is 3.11. The van der Waals surface area contributed by atoms with E-state index in [9.17, 15) is 15.0 Å². The predicted octanol–water partition coefficient (Wildman–Crippen LogP) is 0.763. The zero-order valence-corrected chi connectivity index (χ0v) is 9.52. The van der Waals surface area contributed by atoms with Crippen LogP contribution in [0.15, 0.2) is 42.6 Å². The van der Waals surface area contributed by atoms with E-state index in [1.165, 1.54) is 9.69 Å². The van der Waals surface area contributed by atoms with Crippen molar-refractivity contribution >= 4 is 5.91 Å². The number of rotatable bonds is 2. The van der Waals surface area contributed by atoms with E-state index in [4.69, 9.17) is 0 Å². The van der Waals surface area contributed by atoms with Gasteiger partial charge in [-0.25, -0.2) is 5.01 Å². The van der Waals surface area contributed by atoms with Crippen molar-refractivity contribution in [2.45, 2.75) is 12.8 Å². The van der Waals surface area contributed by atoms with Crippen molar-refractivity contribution in [2.24, 2.45) is 0 Å². The minimum absolute atomic E-state index is 0.195. The fourth-order valence-corrected chi connectivity index (χ4v) is 2.24.